The molecule has 5 heteroatoms. The van der Waals surface area contributed by atoms with E-state index in [0.717, 1.165) is 27.9 Å². The van der Waals surface area contributed by atoms with Gasteiger partial charge in [-0.1, -0.05) is 42.5 Å². The Hall–Kier alpha value is -3.65. The molecule has 0 unspecified atom stereocenters. The summed E-state index contributed by atoms with van der Waals surface area (Å²) in [6.45, 7) is 4.72. The highest BCUT2D eigenvalue weighted by Gasteiger charge is 2.14. The van der Waals surface area contributed by atoms with Gasteiger partial charge in [0.05, 0.1) is 12.2 Å². The van der Waals surface area contributed by atoms with Crippen molar-refractivity contribution >= 4 is 12.0 Å². The molecule has 0 aliphatic carbocycles. The van der Waals surface area contributed by atoms with E-state index in [1.807, 2.05) is 53.3 Å². The number of nitrogens with one attached hydrogen (secondary N) is 1. The van der Waals surface area contributed by atoms with Gasteiger partial charge in [-0.3, -0.25) is 9.48 Å². The van der Waals surface area contributed by atoms with Crippen LogP contribution in [0.3, 0.4) is 0 Å². The van der Waals surface area contributed by atoms with Crippen molar-refractivity contribution in [2.75, 3.05) is 7.05 Å². The summed E-state index contributed by atoms with van der Waals surface area (Å²) in [5.74, 6) is -0.413. The summed E-state index contributed by atoms with van der Waals surface area (Å²) in [6.07, 6.45) is 3.47. The van der Waals surface area contributed by atoms with E-state index < -0.39 is 5.91 Å². The number of aromatic nitrogens is 2. The zero-order valence-corrected chi connectivity index (χ0v) is 16.2. The first-order valence-corrected chi connectivity index (χ1v) is 9.04. The summed E-state index contributed by atoms with van der Waals surface area (Å²) >= 11 is 0. The highest BCUT2D eigenvalue weighted by molar-refractivity contribution is 6.02. The molecule has 3 aromatic rings. The third-order valence-electron chi connectivity index (χ3n) is 4.65. The molecule has 0 aliphatic heterocycles. The van der Waals surface area contributed by atoms with Crippen LogP contribution >= 0.6 is 0 Å². The Bertz CT molecular complexity index is 1070. The summed E-state index contributed by atoms with van der Waals surface area (Å²) in [5.41, 5.74) is 5.97. The van der Waals surface area contributed by atoms with Gasteiger partial charge >= 0.3 is 0 Å². The quantitative estimate of drug-likeness (QED) is 0.547. The number of benzene rings is 2. The molecule has 0 spiro atoms. The molecular weight excluding hydrogens is 348 g/mol. The molecule has 5 nitrogen and oxygen atoms in total. The van der Waals surface area contributed by atoms with Gasteiger partial charge < -0.3 is 5.32 Å². The summed E-state index contributed by atoms with van der Waals surface area (Å²) in [7, 11) is 1.51. The Morgan fingerprint density at radius 1 is 1.18 bits per heavy atom. The molecule has 2 aromatic carbocycles. The monoisotopic (exact) mass is 370 g/mol. The molecule has 1 N–H and O–H groups in total. The van der Waals surface area contributed by atoms with Crippen LogP contribution in [0.5, 0.6) is 0 Å². The molecule has 0 atom stereocenters. The number of nitriles is 1. The van der Waals surface area contributed by atoms with Crippen LogP contribution in [-0.4, -0.2) is 22.7 Å². The van der Waals surface area contributed by atoms with Crippen LogP contribution in [0, 0.1) is 25.2 Å². The number of nitrogens with zero attached hydrogens (tertiary/aromatic N) is 3. The lowest BCUT2D eigenvalue weighted by molar-refractivity contribution is -0.116. The summed E-state index contributed by atoms with van der Waals surface area (Å²) < 4.78 is 1.84. The molecule has 0 bridgehead atoms. The van der Waals surface area contributed by atoms with E-state index in [-0.39, 0.29) is 5.57 Å². The SMILES string of the molecule is CNC(=O)/C(C#N)=C/c1cn(Cc2ccccc2)nc1-c1ccc(C)c(C)c1. The molecule has 3 rings (SSSR count). The zero-order valence-electron chi connectivity index (χ0n) is 16.2. The average molecular weight is 370 g/mol. The van der Waals surface area contributed by atoms with E-state index >= 15 is 0 Å². The van der Waals surface area contributed by atoms with Gasteiger partial charge in [0.15, 0.2) is 0 Å². The van der Waals surface area contributed by atoms with Gasteiger partial charge in [0.1, 0.15) is 11.6 Å². The number of hydrogen-bond acceptors (Lipinski definition) is 3. The fourth-order valence-electron chi connectivity index (χ4n) is 2.95. The number of amides is 1. The lowest BCUT2D eigenvalue weighted by Gasteiger charge is -2.05. The van der Waals surface area contributed by atoms with Gasteiger partial charge in [0, 0.05) is 24.4 Å². The number of aryl methyl sites for hydroxylation is 2. The third kappa shape index (κ3) is 4.18. The number of hydrogen-bond donors (Lipinski definition) is 1. The summed E-state index contributed by atoms with van der Waals surface area (Å²) in [5, 5.41) is 16.6. The molecule has 0 saturated carbocycles. The maximum Gasteiger partial charge on any atom is 0.261 e. The normalized spacial score (nSPS) is 11.1. The van der Waals surface area contributed by atoms with Crippen molar-refractivity contribution in [1.29, 1.82) is 5.26 Å². The number of carbonyl (C=O) groups excluding carboxylic acids is 1. The van der Waals surface area contributed by atoms with Crippen molar-refractivity contribution in [3.05, 3.63) is 82.6 Å². The first-order valence-electron chi connectivity index (χ1n) is 9.04. The zero-order chi connectivity index (χ0) is 20.1. The number of likely N-dealkylation sites (N-methyl/N-ethyl adjacent to an activating group) is 1. The second-order valence-corrected chi connectivity index (χ2v) is 6.66. The first-order chi connectivity index (χ1) is 13.5. The van der Waals surface area contributed by atoms with Gasteiger partial charge in [0.25, 0.3) is 5.91 Å². The lowest BCUT2D eigenvalue weighted by atomic mass is 10.0. The minimum absolute atomic E-state index is 0.0480. The lowest BCUT2D eigenvalue weighted by Crippen LogP contribution is -2.19. The van der Waals surface area contributed by atoms with Gasteiger partial charge in [-0.25, -0.2) is 0 Å². The molecule has 1 aromatic heterocycles. The van der Waals surface area contributed by atoms with Crippen LogP contribution in [0.2, 0.25) is 0 Å². The van der Waals surface area contributed by atoms with Crippen molar-refractivity contribution in [2.24, 2.45) is 0 Å². The van der Waals surface area contributed by atoms with Crippen LogP contribution < -0.4 is 5.32 Å². The summed E-state index contributed by atoms with van der Waals surface area (Å²) in [4.78, 5) is 12.0. The minimum atomic E-state index is -0.413. The fourth-order valence-corrected chi connectivity index (χ4v) is 2.95. The third-order valence-corrected chi connectivity index (χ3v) is 4.65. The molecule has 0 fully saturated rings. The van der Waals surface area contributed by atoms with Crippen molar-refractivity contribution < 1.29 is 4.79 Å². The van der Waals surface area contributed by atoms with Crippen LogP contribution in [0.1, 0.15) is 22.3 Å². The molecule has 1 heterocycles. The topological polar surface area (TPSA) is 70.7 Å². The van der Waals surface area contributed by atoms with Crippen molar-refractivity contribution in [1.82, 2.24) is 15.1 Å². The second-order valence-electron chi connectivity index (χ2n) is 6.66. The number of rotatable bonds is 5. The van der Waals surface area contributed by atoms with E-state index in [2.05, 4.69) is 31.3 Å². The van der Waals surface area contributed by atoms with Gasteiger partial charge in [-0.15, -0.1) is 0 Å². The fraction of sp³-hybridized carbons (Fsp3) is 0.174. The van der Waals surface area contributed by atoms with Crippen molar-refractivity contribution in [2.45, 2.75) is 20.4 Å². The maximum atomic E-state index is 12.0. The van der Waals surface area contributed by atoms with E-state index in [9.17, 15) is 10.1 Å². The van der Waals surface area contributed by atoms with Crippen molar-refractivity contribution in [3.63, 3.8) is 0 Å². The molecule has 0 aliphatic rings. The van der Waals surface area contributed by atoms with Gasteiger partial charge in [-0.2, -0.15) is 10.4 Å². The average Bonchev–Trinajstić information content (AvgIpc) is 3.10. The Kier molecular flexibility index (Phi) is 5.71. The predicted octanol–water partition coefficient (Wildman–Crippen LogP) is 3.87. The molecule has 28 heavy (non-hydrogen) atoms. The van der Waals surface area contributed by atoms with E-state index in [0.29, 0.717) is 6.54 Å². The van der Waals surface area contributed by atoms with E-state index in [1.54, 1.807) is 6.08 Å². The highest BCUT2D eigenvalue weighted by Crippen LogP contribution is 2.26. The largest absolute Gasteiger partial charge is 0.354 e. The molecule has 140 valence electrons. The maximum absolute atomic E-state index is 12.0. The van der Waals surface area contributed by atoms with Crippen LogP contribution in [-0.2, 0) is 11.3 Å². The molecule has 1 amide bonds. The van der Waals surface area contributed by atoms with Crippen LogP contribution in [0.25, 0.3) is 17.3 Å². The Labute approximate surface area is 164 Å². The Morgan fingerprint density at radius 3 is 2.57 bits per heavy atom. The van der Waals surface area contributed by atoms with Gasteiger partial charge in [-0.05, 0) is 42.7 Å². The summed E-state index contributed by atoms with van der Waals surface area (Å²) in [6, 6.07) is 18.2. The van der Waals surface area contributed by atoms with Crippen molar-refractivity contribution in [3.8, 4) is 17.3 Å². The highest BCUT2D eigenvalue weighted by atomic mass is 16.1. The first kappa shape index (κ1) is 19.1. The van der Waals surface area contributed by atoms with Crippen LogP contribution in [0.4, 0.5) is 0 Å². The van der Waals surface area contributed by atoms with Gasteiger partial charge in [0.2, 0.25) is 0 Å². The Balaban J connectivity index is 2.10. The predicted molar refractivity (Wildman–Crippen MR) is 110 cm³/mol. The molecular formula is C23H22N4O. The second kappa shape index (κ2) is 8.36. The smallest absolute Gasteiger partial charge is 0.261 e. The van der Waals surface area contributed by atoms with Crippen LogP contribution in [0.15, 0.2) is 60.3 Å². The number of carbonyl (C=O) groups is 1. The molecule has 0 saturated heterocycles. The minimum Gasteiger partial charge on any atom is -0.354 e. The molecule has 0 radical (unpaired) electrons. The van der Waals surface area contributed by atoms with E-state index in [1.165, 1.54) is 12.6 Å². The Morgan fingerprint density at radius 2 is 1.93 bits per heavy atom. The standard InChI is InChI=1S/C23H22N4O/c1-16-9-10-19(11-17(16)2)22-21(12-20(13-24)23(28)25-3)15-27(26-22)14-18-7-5-4-6-8-18/h4-12,15H,14H2,1-3H3,(H,25,28)/b20-12+. The van der Waals surface area contributed by atoms with E-state index in [4.69, 9.17) is 5.10 Å².